The molecule has 1 aromatic rings. The van der Waals surface area contributed by atoms with Gasteiger partial charge in [0.15, 0.2) is 0 Å². The maximum Gasteiger partial charge on any atom is 0.251 e. The van der Waals surface area contributed by atoms with Gasteiger partial charge in [-0.3, -0.25) is 4.79 Å². The molecule has 0 aliphatic heterocycles. The van der Waals surface area contributed by atoms with Crippen LogP contribution >= 0.6 is 12.4 Å². The van der Waals surface area contributed by atoms with E-state index in [9.17, 15) is 4.79 Å². The van der Waals surface area contributed by atoms with E-state index in [0.717, 1.165) is 12.1 Å². The molecule has 1 fully saturated rings. The molecule has 0 aromatic heterocycles. The number of hydrogen-bond donors (Lipinski definition) is 2. The summed E-state index contributed by atoms with van der Waals surface area (Å²) in [7, 11) is 0. The summed E-state index contributed by atoms with van der Waals surface area (Å²) in [6, 6.07) is 5.47. The third kappa shape index (κ3) is 3.87. The Hall–Kier alpha value is -1.22. The second-order valence-corrected chi connectivity index (χ2v) is 5.77. The zero-order valence-corrected chi connectivity index (χ0v) is 12.5. The molecular formula is C15H23ClN2O. The molecule has 1 amide bonds. The van der Waals surface area contributed by atoms with E-state index in [4.69, 9.17) is 5.73 Å². The number of anilines is 1. The normalized spacial score (nSPS) is 16.7. The summed E-state index contributed by atoms with van der Waals surface area (Å²) in [5, 5.41) is 3.05. The third-order valence-corrected chi connectivity index (χ3v) is 3.99. The first kappa shape index (κ1) is 15.8. The van der Waals surface area contributed by atoms with E-state index >= 15 is 0 Å². The van der Waals surface area contributed by atoms with Gasteiger partial charge in [0.25, 0.3) is 5.91 Å². The molecule has 3 N–H and O–H groups in total. The number of amides is 1. The van der Waals surface area contributed by atoms with E-state index in [-0.39, 0.29) is 23.7 Å². The van der Waals surface area contributed by atoms with Gasteiger partial charge in [0.05, 0.1) is 0 Å². The quantitative estimate of drug-likeness (QED) is 0.836. The van der Waals surface area contributed by atoms with Gasteiger partial charge in [-0.15, -0.1) is 12.4 Å². The fourth-order valence-electron chi connectivity index (χ4n) is 2.68. The standard InChI is InChI=1S/C15H22N2O.ClH/c1-11-5-6-12(16)9-13(11)14(18)17-10-15(2)7-3-4-8-15;/h5-6,9H,3-4,7-8,10,16H2,1-2H3,(H,17,18);1H. The number of rotatable bonds is 3. The Morgan fingerprint density at radius 1 is 1.37 bits per heavy atom. The molecule has 4 heteroatoms. The summed E-state index contributed by atoms with van der Waals surface area (Å²) in [6.45, 7) is 4.96. The molecule has 1 aliphatic carbocycles. The number of nitrogens with one attached hydrogen (secondary N) is 1. The van der Waals surface area contributed by atoms with Crippen molar-refractivity contribution >= 4 is 24.0 Å². The van der Waals surface area contributed by atoms with Crippen LogP contribution in [0, 0.1) is 12.3 Å². The van der Waals surface area contributed by atoms with Crippen molar-refractivity contribution < 1.29 is 4.79 Å². The number of nitrogen functional groups attached to an aromatic ring is 1. The minimum absolute atomic E-state index is 0. The maximum absolute atomic E-state index is 12.1. The summed E-state index contributed by atoms with van der Waals surface area (Å²) in [5.41, 5.74) is 8.31. The topological polar surface area (TPSA) is 55.1 Å². The summed E-state index contributed by atoms with van der Waals surface area (Å²) >= 11 is 0. The number of halogens is 1. The zero-order valence-electron chi connectivity index (χ0n) is 11.7. The van der Waals surface area contributed by atoms with Crippen molar-refractivity contribution in [1.82, 2.24) is 5.32 Å². The smallest absolute Gasteiger partial charge is 0.251 e. The highest BCUT2D eigenvalue weighted by molar-refractivity contribution is 5.96. The van der Waals surface area contributed by atoms with Gasteiger partial charge >= 0.3 is 0 Å². The summed E-state index contributed by atoms with van der Waals surface area (Å²) in [6.07, 6.45) is 4.99. The first-order chi connectivity index (χ1) is 8.50. The highest BCUT2D eigenvalue weighted by Gasteiger charge is 2.29. The lowest BCUT2D eigenvalue weighted by atomic mass is 9.89. The molecule has 0 spiro atoms. The average Bonchev–Trinajstić information content (AvgIpc) is 2.77. The molecular weight excluding hydrogens is 260 g/mol. The Kier molecular flexibility index (Phi) is 5.24. The van der Waals surface area contributed by atoms with Crippen molar-refractivity contribution in [3.8, 4) is 0 Å². The highest BCUT2D eigenvalue weighted by atomic mass is 35.5. The number of benzene rings is 1. The van der Waals surface area contributed by atoms with Crippen LogP contribution in [0.4, 0.5) is 5.69 Å². The fourth-order valence-corrected chi connectivity index (χ4v) is 2.68. The lowest BCUT2D eigenvalue weighted by Crippen LogP contribution is -2.34. The van der Waals surface area contributed by atoms with Crippen molar-refractivity contribution in [3.63, 3.8) is 0 Å². The van der Waals surface area contributed by atoms with Gasteiger partial charge in [-0.25, -0.2) is 0 Å². The van der Waals surface area contributed by atoms with Gasteiger partial charge in [0.1, 0.15) is 0 Å². The first-order valence-corrected chi connectivity index (χ1v) is 6.65. The minimum atomic E-state index is -0.00655. The Balaban J connectivity index is 0.00000180. The van der Waals surface area contributed by atoms with Gasteiger partial charge in [0.2, 0.25) is 0 Å². The summed E-state index contributed by atoms with van der Waals surface area (Å²) < 4.78 is 0. The Labute approximate surface area is 121 Å². The SMILES string of the molecule is Cc1ccc(N)cc1C(=O)NCC1(C)CCCC1.Cl. The molecule has 0 atom stereocenters. The highest BCUT2D eigenvalue weighted by Crippen LogP contribution is 2.36. The van der Waals surface area contributed by atoms with Crippen LogP contribution in [-0.4, -0.2) is 12.5 Å². The van der Waals surface area contributed by atoms with Crippen LogP contribution in [0.15, 0.2) is 18.2 Å². The maximum atomic E-state index is 12.1. The molecule has 2 rings (SSSR count). The van der Waals surface area contributed by atoms with Crippen LogP contribution in [-0.2, 0) is 0 Å². The molecule has 1 aromatic carbocycles. The molecule has 0 saturated heterocycles. The molecule has 0 radical (unpaired) electrons. The van der Waals surface area contributed by atoms with Gasteiger partial charge in [-0.2, -0.15) is 0 Å². The molecule has 0 bridgehead atoms. The van der Waals surface area contributed by atoms with Gasteiger partial charge in [0, 0.05) is 17.8 Å². The second-order valence-electron chi connectivity index (χ2n) is 5.77. The molecule has 106 valence electrons. The lowest BCUT2D eigenvalue weighted by molar-refractivity contribution is 0.0933. The first-order valence-electron chi connectivity index (χ1n) is 6.65. The molecule has 3 nitrogen and oxygen atoms in total. The van der Waals surface area contributed by atoms with Crippen molar-refractivity contribution in [2.45, 2.75) is 39.5 Å². The molecule has 1 saturated carbocycles. The summed E-state index contributed by atoms with van der Waals surface area (Å²) in [4.78, 5) is 12.1. The molecule has 0 unspecified atom stereocenters. The third-order valence-electron chi connectivity index (χ3n) is 3.99. The van der Waals surface area contributed by atoms with Gasteiger partial charge in [-0.1, -0.05) is 25.8 Å². The average molecular weight is 283 g/mol. The largest absolute Gasteiger partial charge is 0.399 e. The number of hydrogen-bond acceptors (Lipinski definition) is 2. The Bertz CT molecular complexity index is 453. The van der Waals surface area contributed by atoms with E-state index in [1.54, 1.807) is 6.07 Å². The predicted molar refractivity (Wildman–Crippen MR) is 81.7 cm³/mol. The second kappa shape index (κ2) is 6.29. The molecule has 1 aliphatic rings. The zero-order chi connectivity index (χ0) is 13.2. The van der Waals surface area contributed by atoms with Crippen molar-refractivity contribution in [2.24, 2.45) is 5.41 Å². The van der Waals surface area contributed by atoms with Crippen molar-refractivity contribution in [1.29, 1.82) is 0 Å². The molecule has 0 heterocycles. The van der Waals surface area contributed by atoms with E-state index in [0.29, 0.717) is 11.3 Å². The minimum Gasteiger partial charge on any atom is -0.399 e. The fraction of sp³-hybridized carbons (Fsp3) is 0.533. The van der Waals surface area contributed by atoms with Crippen LogP contribution < -0.4 is 11.1 Å². The number of nitrogens with two attached hydrogens (primary N) is 1. The summed E-state index contributed by atoms with van der Waals surface area (Å²) in [5.74, 6) is -0.00655. The number of aryl methyl sites for hydroxylation is 1. The van der Waals surface area contributed by atoms with E-state index in [1.807, 2.05) is 19.1 Å². The predicted octanol–water partition coefficient (Wildman–Crippen LogP) is 3.31. The monoisotopic (exact) mass is 282 g/mol. The van der Waals surface area contributed by atoms with Crippen molar-refractivity contribution in [2.75, 3.05) is 12.3 Å². The van der Waals surface area contributed by atoms with E-state index < -0.39 is 0 Å². The lowest BCUT2D eigenvalue weighted by Gasteiger charge is -2.23. The van der Waals surface area contributed by atoms with Crippen LogP contribution in [0.3, 0.4) is 0 Å². The van der Waals surface area contributed by atoms with Crippen LogP contribution in [0.5, 0.6) is 0 Å². The van der Waals surface area contributed by atoms with Gasteiger partial charge in [-0.05, 0) is 42.9 Å². The Morgan fingerprint density at radius 2 is 2.00 bits per heavy atom. The van der Waals surface area contributed by atoms with E-state index in [2.05, 4.69) is 12.2 Å². The molecule has 19 heavy (non-hydrogen) atoms. The van der Waals surface area contributed by atoms with Crippen LogP contribution in [0.1, 0.15) is 48.5 Å². The Morgan fingerprint density at radius 3 is 2.63 bits per heavy atom. The van der Waals surface area contributed by atoms with Gasteiger partial charge < -0.3 is 11.1 Å². The number of carbonyl (C=O) groups excluding carboxylic acids is 1. The number of carbonyl (C=O) groups is 1. The van der Waals surface area contributed by atoms with Crippen molar-refractivity contribution in [3.05, 3.63) is 29.3 Å². The van der Waals surface area contributed by atoms with Crippen LogP contribution in [0.2, 0.25) is 0 Å². The van der Waals surface area contributed by atoms with Crippen LogP contribution in [0.25, 0.3) is 0 Å². The van der Waals surface area contributed by atoms with E-state index in [1.165, 1.54) is 25.7 Å².